The molecule has 0 radical (unpaired) electrons. The Bertz CT molecular complexity index is 829. The molecule has 0 unspecified atom stereocenters. The highest BCUT2D eigenvalue weighted by Crippen LogP contribution is 2.19. The second kappa shape index (κ2) is 9.31. The van der Waals surface area contributed by atoms with E-state index in [4.69, 9.17) is 0 Å². The number of carbonyl (C=O) groups is 1. The second-order valence-electron chi connectivity index (χ2n) is 7.17. The van der Waals surface area contributed by atoms with Crippen molar-refractivity contribution in [3.05, 3.63) is 64.5 Å². The van der Waals surface area contributed by atoms with Gasteiger partial charge in [-0.3, -0.25) is 4.79 Å². The monoisotopic (exact) mass is 364 g/mol. The largest absolute Gasteiger partial charge is 0.350 e. The van der Waals surface area contributed by atoms with Gasteiger partial charge in [0.2, 0.25) is 5.95 Å². The topological polar surface area (TPSA) is 66.9 Å². The zero-order valence-electron chi connectivity index (χ0n) is 16.2. The average Bonchev–Trinajstić information content (AvgIpc) is 2.67. The van der Waals surface area contributed by atoms with E-state index in [0.29, 0.717) is 24.7 Å². The molecule has 5 nitrogen and oxygen atoms in total. The molecular formula is C22H28N4O. The van der Waals surface area contributed by atoms with Gasteiger partial charge in [0.15, 0.2) is 0 Å². The van der Waals surface area contributed by atoms with E-state index in [2.05, 4.69) is 51.8 Å². The Morgan fingerprint density at radius 1 is 1.15 bits per heavy atom. The van der Waals surface area contributed by atoms with Gasteiger partial charge >= 0.3 is 0 Å². The molecule has 1 aliphatic carbocycles. The standard InChI is InChI=1S/C22H28N4O/c1-16-7-6-10-19(13-16)15-24-22-25-17(2)14-20(26-22)21(27)23-12-11-18-8-4-3-5-9-18/h6-8,10,13-14H,3-5,9,11-12,15H2,1-2H3,(H,23,27)(H,24,25,26). The van der Waals surface area contributed by atoms with E-state index in [0.717, 1.165) is 24.1 Å². The fourth-order valence-electron chi connectivity index (χ4n) is 3.33. The van der Waals surface area contributed by atoms with E-state index in [1.807, 2.05) is 13.0 Å². The van der Waals surface area contributed by atoms with Gasteiger partial charge in [0.1, 0.15) is 5.69 Å². The molecule has 1 heterocycles. The summed E-state index contributed by atoms with van der Waals surface area (Å²) < 4.78 is 0. The number of hydrogen-bond acceptors (Lipinski definition) is 4. The predicted molar refractivity (Wildman–Crippen MR) is 109 cm³/mol. The van der Waals surface area contributed by atoms with Gasteiger partial charge < -0.3 is 10.6 Å². The van der Waals surface area contributed by atoms with Crippen molar-refractivity contribution in [3.8, 4) is 0 Å². The highest BCUT2D eigenvalue weighted by atomic mass is 16.1. The summed E-state index contributed by atoms with van der Waals surface area (Å²) in [6.45, 7) is 5.22. The van der Waals surface area contributed by atoms with Crippen LogP contribution in [0, 0.1) is 13.8 Å². The molecule has 1 aliphatic rings. The molecule has 0 saturated carbocycles. The first kappa shape index (κ1) is 19.1. The van der Waals surface area contributed by atoms with Crippen LogP contribution in [0.4, 0.5) is 5.95 Å². The van der Waals surface area contributed by atoms with Crippen molar-refractivity contribution in [2.24, 2.45) is 0 Å². The summed E-state index contributed by atoms with van der Waals surface area (Å²) in [4.78, 5) is 21.2. The Kier molecular flexibility index (Phi) is 6.58. The molecule has 1 aromatic heterocycles. The lowest BCUT2D eigenvalue weighted by Crippen LogP contribution is -2.26. The zero-order chi connectivity index (χ0) is 19.1. The van der Waals surface area contributed by atoms with Gasteiger partial charge in [-0.15, -0.1) is 0 Å². The van der Waals surface area contributed by atoms with Gasteiger partial charge in [0, 0.05) is 18.8 Å². The third-order valence-corrected chi connectivity index (χ3v) is 4.74. The summed E-state index contributed by atoms with van der Waals surface area (Å²) in [6.07, 6.45) is 8.13. The van der Waals surface area contributed by atoms with E-state index >= 15 is 0 Å². The van der Waals surface area contributed by atoms with Gasteiger partial charge in [-0.2, -0.15) is 0 Å². The van der Waals surface area contributed by atoms with E-state index < -0.39 is 0 Å². The number of hydrogen-bond donors (Lipinski definition) is 2. The molecule has 0 saturated heterocycles. The minimum atomic E-state index is -0.143. The van der Waals surface area contributed by atoms with Crippen LogP contribution in [0.2, 0.25) is 0 Å². The lowest BCUT2D eigenvalue weighted by molar-refractivity contribution is 0.0949. The minimum absolute atomic E-state index is 0.143. The van der Waals surface area contributed by atoms with Crippen molar-refractivity contribution in [2.45, 2.75) is 52.5 Å². The number of amides is 1. The van der Waals surface area contributed by atoms with Crippen molar-refractivity contribution < 1.29 is 4.79 Å². The van der Waals surface area contributed by atoms with Crippen LogP contribution in [0.15, 0.2) is 42.0 Å². The number of allylic oxidation sites excluding steroid dienone is 1. The number of rotatable bonds is 7. The SMILES string of the molecule is Cc1cccc(CNc2nc(C)cc(C(=O)NCCC3=CCCCC3)n2)c1. The molecule has 1 amide bonds. The molecule has 3 rings (SSSR count). The molecule has 0 aliphatic heterocycles. The highest BCUT2D eigenvalue weighted by molar-refractivity contribution is 5.92. The van der Waals surface area contributed by atoms with E-state index in [1.165, 1.54) is 30.4 Å². The molecule has 2 N–H and O–H groups in total. The van der Waals surface area contributed by atoms with E-state index in [1.54, 1.807) is 6.07 Å². The smallest absolute Gasteiger partial charge is 0.270 e. The van der Waals surface area contributed by atoms with Crippen molar-refractivity contribution in [2.75, 3.05) is 11.9 Å². The summed E-state index contributed by atoms with van der Waals surface area (Å²) >= 11 is 0. The van der Waals surface area contributed by atoms with Crippen molar-refractivity contribution in [3.63, 3.8) is 0 Å². The summed E-state index contributed by atoms with van der Waals surface area (Å²) in [6, 6.07) is 10.0. The number of aromatic nitrogens is 2. The molecule has 0 fully saturated rings. The van der Waals surface area contributed by atoms with Gasteiger partial charge in [-0.1, -0.05) is 41.5 Å². The quantitative estimate of drug-likeness (QED) is 0.718. The summed E-state index contributed by atoms with van der Waals surface area (Å²) in [5.74, 6) is 0.340. The first-order valence-corrected chi connectivity index (χ1v) is 9.71. The molecule has 0 bridgehead atoms. The number of nitrogens with zero attached hydrogens (tertiary/aromatic N) is 2. The molecule has 5 heteroatoms. The van der Waals surface area contributed by atoms with Gasteiger partial charge in [0.05, 0.1) is 0 Å². The third-order valence-electron chi connectivity index (χ3n) is 4.74. The molecule has 142 valence electrons. The number of carbonyl (C=O) groups excluding carboxylic acids is 1. The fourth-order valence-corrected chi connectivity index (χ4v) is 3.33. The van der Waals surface area contributed by atoms with Crippen LogP contribution in [0.25, 0.3) is 0 Å². The predicted octanol–water partition coefficient (Wildman–Crippen LogP) is 4.33. The average molecular weight is 364 g/mol. The van der Waals surface area contributed by atoms with E-state index in [-0.39, 0.29) is 5.91 Å². The fraction of sp³-hybridized carbons (Fsp3) is 0.409. The lowest BCUT2D eigenvalue weighted by Gasteiger charge is -2.13. The Hall–Kier alpha value is -2.69. The summed E-state index contributed by atoms with van der Waals surface area (Å²) in [5, 5.41) is 6.20. The normalized spacial score (nSPS) is 13.8. The molecule has 0 atom stereocenters. The van der Waals surface area contributed by atoms with Crippen LogP contribution in [0.1, 0.15) is 59.4 Å². The Morgan fingerprint density at radius 2 is 2.04 bits per heavy atom. The maximum atomic E-state index is 12.5. The summed E-state index contributed by atoms with van der Waals surface area (Å²) in [5.41, 5.74) is 5.02. The first-order chi connectivity index (χ1) is 13.1. The van der Waals surface area contributed by atoms with Crippen LogP contribution in [0.5, 0.6) is 0 Å². The lowest BCUT2D eigenvalue weighted by atomic mass is 9.97. The number of anilines is 1. The number of aryl methyl sites for hydroxylation is 2. The minimum Gasteiger partial charge on any atom is -0.350 e. The van der Waals surface area contributed by atoms with Crippen LogP contribution in [0.3, 0.4) is 0 Å². The molecular weight excluding hydrogens is 336 g/mol. The van der Waals surface area contributed by atoms with Crippen molar-refractivity contribution in [1.29, 1.82) is 0 Å². The van der Waals surface area contributed by atoms with Gasteiger partial charge in [-0.25, -0.2) is 9.97 Å². The van der Waals surface area contributed by atoms with Crippen LogP contribution < -0.4 is 10.6 Å². The summed E-state index contributed by atoms with van der Waals surface area (Å²) in [7, 11) is 0. The van der Waals surface area contributed by atoms with Crippen LogP contribution in [-0.2, 0) is 6.54 Å². The Labute approximate surface area is 161 Å². The highest BCUT2D eigenvalue weighted by Gasteiger charge is 2.11. The number of benzene rings is 1. The Morgan fingerprint density at radius 3 is 2.81 bits per heavy atom. The van der Waals surface area contributed by atoms with Gasteiger partial charge in [0.25, 0.3) is 5.91 Å². The third kappa shape index (κ3) is 5.91. The second-order valence-corrected chi connectivity index (χ2v) is 7.17. The van der Waals surface area contributed by atoms with Crippen LogP contribution in [-0.4, -0.2) is 22.4 Å². The maximum absolute atomic E-state index is 12.5. The van der Waals surface area contributed by atoms with Crippen LogP contribution >= 0.6 is 0 Å². The molecule has 1 aromatic carbocycles. The zero-order valence-corrected chi connectivity index (χ0v) is 16.2. The molecule has 0 spiro atoms. The van der Waals surface area contributed by atoms with E-state index in [9.17, 15) is 4.79 Å². The number of nitrogens with one attached hydrogen (secondary N) is 2. The Balaban J connectivity index is 1.56. The molecule has 27 heavy (non-hydrogen) atoms. The first-order valence-electron chi connectivity index (χ1n) is 9.71. The maximum Gasteiger partial charge on any atom is 0.270 e. The van der Waals surface area contributed by atoms with Crippen molar-refractivity contribution in [1.82, 2.24) is 15.3 Å². The molecule has 2 aromatic rings. The van der Waals surface area contributed by atoms with Gasteiger partial charge in [-0.05, 0) is 57.6 Å². The van der Waals surface area contributed by atoms with Crippen molar-refractivity contribution >= 4 is 11.9 Å².